The second-order valence-corrected chi connectivity index (χ2v) is 8.41. The van der Waals surface area contributed by atoms with E-state index in [-0.39, 0.29) is 5.24 Å². The van der Waals surface area contributed by atoms with E-state index < -0.39 is 0 Å². The Bertz CT molecular complexity index is 1320. The average Bonchev–Trinajstić information content (AvgIpc) is 3.40. The van der Waals surface area contributed by atoms with Gasteiger partial charge in [-0.15, -0.1) is 0 Å². The van der Waals surface area contributed by atoms with Crippen LogP contribution in [-0.4, -0.2) is 20.9 Å². The van der Waals surface area contributed by atoms with Crippen molar-refractivity contribution in [2.45, 2.75) is 6.92 Å². The quantitative estimate of drug-likeness (QED) is 0.404. The van der Waals surface area contributed by atoms with Gasteiger partial charge in [-0.25, -0.2) is 9.67 Å². The van der Waals surface area contributed by atoms with Crippen LogP contribution < -0.4 is 5.32 Å². The fraction of sp³-hybridized carbons (Fsp3) is 0.0385. The predicted octanol–water partition coefficient (Wildman–Crippen LogP) is 6.38. The Morgan fingerprint density at radius 1 is 0.938 bits per heavy atom. The highest BCUT2D eigenvalue weighted by Gasteiger charge is 2.24. The SMILES string of the molecule is Cc1ccc(N=C2NC(=O)SC2=Cc2cn(-c3ccccc3)nc2-c2ccccc2)cc1. The van der Waals surface area contributed by atoms with Gasteiger partial charge in [-0.3, -0.25) is 4.79 Å². The lowest BCUT2D eigenvalue weighted by Gasteiger charge is -2.01. The predicted molar refractivity (Wildman–Crippen MR) is 131 cm³/mol. The summed E-state index contributed by atoms with van der Waals surface area (Å²) >= 11 is 1.14. The van der Waals surface area contributed by atoms with Crippen molar-refractivity contribution < 1.29 is 4.79 Å². The van der Waals surface area contributed by atoms with E-state index in [0.717, 1.165) is 50.4 Å². The van der Waals surface area contributed by atoms with Crippen LogP contribution in [0.15, 0.2) is 101 Å². The third-order valence-corrected chi connectivity index (χ3v) is 5.85. The molecule has 0 atom stereocenters. The third kappa shape index (κ3) is 4.26. The maximum atomic E-state index is 12.2. The number of amides is 1. The number of benzene rings is 3. The number of nitrogens with one attached hydrogen (secondary N) is 1. The number of amidine groups is 1. The van der Waals surface area contributed by atoms with Crippen molar-refractivity contribution in [1.82, 2.24) is 15.1 Å². The minimum atomic E-state index is -0.140. The molecule has 156 valence electrons. The van der Waals surface area contributed by atoms with Gasteiger partial charge < -0.3 is 5.32 Å². The molecule has 0 radical (unpaired) electrons. The minimum Gasteiger partial charge on any atom is -0.300 e. The molecule has 0 unspecified atom stereocenters. The van der Waals surface area contributed by atoms with E-state index in [2.05, 4.69) is 10.3 Å². The van der Waals surface area contributed by atoms with Crippen molar-refractivity contribution in [1.29, 1.82) is 0 Å². The number of aryl methyl sites for hydroxylation is 1. The highest BCUT2D eigenvalue weighted by Crippen LogP contribution is 2.32. The van der Waals surface area contributed by atoms with Crippen molar-refractivity contribution in [3.63, 3.8) is 0 Å². The van der Waals surface area contributed by atoms with Crippen LogP contribution in [0.2, 0.25) is 0 Å². The molecule has 1 aliphatic heterocycles. The number of carbonyl (C=O) groups excluding carboxylic acids is 1. The zero-order chi connectivity index (χ0) is 21.9. The Morgan fingerprint density at radius 2 is 1.62 bits per heavy atom. The van der Waals surface area contributed by atoms with Gasteiger partial charge in [0.25, 0.3) is 5.24 Å². The monoisotopic (exact) mass is 436 g/mol. The summed E-state index contributed by atoms with van der Waals surface area (Å²) in [4.78, 5) is 17.6. The van der Waals surface area contributed by atoms with E-state index in [0.29, 0.717) is 5.84 Å². The highest BCUT2D eigenvalue weighted by atomic mass is 32.2. The molecule has 0 aliphatic carbocycles. The zero-order valence-electron chi connectivity index (χ0n) is 17.4. The number of aromatic nitrogens is 2. The van der Waals surface area contributed by atoms with E-state index in [1.165, 1.54) is 0 Å². The van der Waals surface area contributed by atoms with E-state index in [9.17, 15) is 4.79 Å². The zero-order valence-corrected chi connectivity index (χ0v) is 18.2. The molecule has 0 spiro atoms. The van der Waals surface area contributed by atoms with E-state index >= 15 is 0 Å². The summed E-state index contributed by atoms with van der Waals surface area (Å²) in [5, 5.41) is 7.57. The van der Waals surface area contributed by atoms with Crippen LogP contribution in [0.3, 0.4) is 0 Å². The Labute approximate surface area is 190 Å². The van der Waals surface area contributed by atoms with E-state index in [4.69, 9.17) is 5.10 Å². The Balaban J connectivity index is 1.60. The molecule has 1 saturated heterocycles. The number of aliphatic imine (C=N–C) groups is 1. The van der Waals surface area contributed by atoms with Gasteiger partial charge in [0.1, 0.15) is 5.84 Å². The number of hydrogen-bond acceptors (Lipinski definition) is 4. The van der Waals surface area contributed by atoms with Crippen molar-refractivity contribution in [3.05, 3.63) is 107 Å². The van der Waals surface area contributed by atoms with Crippen LogP contribution in [0.1, 0.15) is 11.1 Å². The summed E-state index contributed by atoms with van der Waals surface area (Å²) in [6.07, 6.45) is 3.96. The molecular weight excluding hydrogens is 416 g/mol. The number of carbonyl (C=O) groups is 1. The van der Waals surface area contributed by atoms with Crippen LogP contribution >= 0.6 is 11.8 Å². The Kier molecular flexibility index (Phi) is 5.44. The lowest BCUT2D eigenvalue weighted by Crippen LogP contribution is -2.18. The van der Waals surface area contributed by atoms with Gasteiger partial charge in [-0.1, -0.05) is 66.2 Å². The molecule has 1 aliphatic rings. The maximum absolute atomic E-state index is 12.2. The fourth-order valence-corrected chi connectivity index (χ4v) is 4.16. The summed E-state index contributed by atoms with van der Waals surface area (Å²) < 4.78 is 1.86. The number of nitrogens with zero attached hydrogens (tertiary/aromatic N) is 3. The van der Waals surface area contributed by atoms with Crippen molar-refractivity contribution >= 4 is 34.6 Å². The molecule has 4 aromatic rings. The first kappa shape index (κ1) is 20.0. The molecular formula is C26H20N4OS. The summed E-state index contributed by atoms with van der Waals surface area (Å²) in [5.41, 5.74) is 5.69. The second-order valence-electron chi connectivity index (χ2n) is 7.40. The first-order chi connectivity index (χ1) is 15.7. The average molecular weight is 437 g/mol. The number of para-hydroxylation sites is 1. The first-order valence-corrected chi connectivity index (χ1v) is 11.0. The van der Waals surface area contributed by atoms with Crippen molar-refractivity contribution in [2.75, 3.05) is 0 Å². The summed E-state index contributed by atoms with van der Waals surface area (Å²) in [6.45, 7) is 2.03. The van der Waals surface area contributed by atoms with Crippen molar-refractivity contribution in [3.8, 4) is 16.9 Å². The molecule has 0 saturated carbocycles. The molecule has 5 nitrogen and oxygen atoms in total. The third-order valence-electron chi connectivity index (χ3n) is 5.03. The van der Waals surface area contributed by atoms with E-state index in [1.807, 2.05) is 109 Å². The van der Waals surface area contributed by atoms with Gasteiger partial charge in [0.2, 0.25) is 0 Å². The van der Waals surface area contributed by atoms with Crippen LogP contribution in [0.25, 0.3) is 23.0 Å². The lowest BCUT2D eigenvalue weighted by molar-refractivity contribution is 0.265. The van der Waals surface area contributed by atoms with Crippen LogP contribution in [0.5, 0.6) is 0 Å². The summed E-state index contributed by atoms with van der Waals surface area (Å²) in [7, 11) is 0. The molecule has 1 amide bonds. The largest absolute Gasteiger partial charge is 0.300 e. The fourth-order valence-electron chi connectivity index (χ4n) is 3.43. The number of rotatable bonds is 4. The van der Waals surface area contributed by atoms with Crippen LogP contribution in [-0.2, 0) is 0 Å². The molecule has 0 bridgehead atoms. The first-order valence-electron chi connectivity index (χ1n) is 10.2. The van der Waals surface area contributed by atoms with Gasteiger partial charge in [-0.2, -0.15) is 5.10 Å². The molecule has 5 rings (SSSR count). The molecule has 1 fully saturated rings. The Morgan fingerprint density at radius 3 is 2.34 bits per heavy atom. The molecule has 2 heterocycles. The summed E-state index contributed by atoms with van der Waals surface area (Å²) in [5.74, 6) is 0.551. The number of hydrogen-bond donors (Lipinski definition) is 1. The molecule has 6 heteroatoms. The minimum absolute atomic E-state index is 0.140. The smallest absolute Gasteiger partial charge is 0.289 e. The molecule has 3 aromatic carbocycles. The molecule has 1 N–H and O–H groups in total. The summed E-state index contributed by atoms with van der Waals surface area (Å²) in [6, 6.07) is 27.9. The van der Waals surface area contributed by atoms with Gasteiger partial charge in [0, 0.05) is 17.3 Å². The topological polar surface area (TPSA) is 59.3 Å². The second kappa shape index (κ2) is 8.69. The van der Waals surface area contributed by atoms with E-state index in [1.54, 1.807) is 0 Å². The van der Waals surface area contributed by atoms with Crippen molar-refractivity contribution in [2.24, 2.45) is 4.99 Å². The number of thioether (sulfide) groups is 1. The normalized spacial score (nSPS) is 16.0. The highest BCUT2D eigenvalue weighted by molar-refractivity contribution is 8.18. The van der Waals surface area contributed by atoms with Gasteiger partial charge in [-0.05, 0) is 49.0 Å². The standard InChI is InChI=1S/C26H20N4OS/c1-18-12-14-21(15-13-18)27-25-23(32-26(31)28-25)16-20-17-30(22-10-6-3-7-11-22)29-24(20)19-8-4-2-5-9-19/h2-17H,1H3,(H,27,28,31). The van der Waals surface area contributed by atoms with Gasteiger partial charge in [0.05, 0.1) is 22.0 Å². The van der Waals surface area contributed by atoms with Gasteiger partial charge >= 0.3 is 0 Å². The molecule has 32 heavy (non-hydrogen) atoms. The van der Waals surface area contributed by atoms with Crippen LogP contribution in [0.4, 0.5) is 10.5 Å². The lowest BCUT2D eigenvalue weighted by atomic mass is 10.1. The Hall–Kier alpha value is -3.90. The maximum Gasteiger partial charge on any atom is 0.289 e. The van der Waals surface area contributed by atoms with Crippen LogP contribution in [0, 0.1) is 6.92 Å². The van der Waals surface area contributed by atoms with Gasteiger partial charge in [0.15, 0.2) is 0 Å². The molecule has 1 aromatic heterocycles.